The van der Waals surface area contributed by atoms with Crippen molar-refractivity contribution >= 4 is 17.5 Å². The molecule has 15 heavy (non-hydrogen) atoms. The third-order valence-electron chi connectivity index (χ3n) is 2.56. The van der Waals surface area contributed by atoms with Gasteiger partial charge in [-0.05, 0) is 5.41 Å². The summed E-state index contributed by atoms with van der Waals surface area (Å²) in [6, 6.07) is 0. The summed E-state index contributed by atoms with van der Waals surface area (Å²) in [5.74, 6) is -1.74. The molecule has 4 nitrogen and oxygen atoms in total. The zero-order valence-corrected chi connectivity index (χ0v) is 11.6. The molecular formula is C10H15NaO4. The van der Waals surface area contributed by atoms with E-state index in [2.05, 4.69) is 4.74 Å². The first-order valence-corrected chi connectivity index (χ1v) is 4.50. The second-order valence-corrected chi connectivity index (χ2v) is 4.30. The molecule has 5 heteroatoms. The molecule has 1 unspecified atom stereocenters. The largest absolute Gasteiger partial charge is 1.00 e. The van der Waals surface area contributed by atoms with Gasteiger partial charge in [0.2, 0.25) is 0 Å². The van der Waals surface area contributed by atoms with Gasteiger partial charge in [-0.25, -0.2) is 0 Å². The third kappa shape index (κ3) is 3.13. The molecule has 0 amide bonds. The standard InChI is InChI=1S/C10H14O4.Na.H/c1-10(2)5-6(11)4-7(12)8(10)9(13)14-3;;/h8H,4-5H2,1-3H3;;/q;+1;-1. The maximum atomic E-state index is 11.5. The number of rotatable bonds is 1. The number of methoxy groups -OCH3 is 1. The number of hydrogen-bond acceptors (Lipinski definition) is 4. The Morgan fingerprint density at radius 2 is 2.00 bits per heavy atom. The van der Waals surface area contributed by atoms with Gasteiger partial charge in [0.25, 0.3) is 0 Å². The van der Waals surface area contributed by atoms with Crippen molar-refractivity contribution in [2.24, 2.45) is 11.3 Å². The quantitative estimate of drug-likeness (QED) is 0.288. The van der Waals surface area contributed by atoms with Crippen molar-refractivity contribution in [3.8, 4) is 0 Å². The normalized spacial score (nSPS) is 24.3. The van der Waals surface area contributed by atoms with Crippen molar-refractivity contribution in [3.63, 3.8) is 0 Å². The van der Waals surface area contributed by atoms with Gasteiger partial charge in [0.05, 0.1) is 13.5 Å². The van der Waals surface area contributed by atoms with Crippen LogP contribution in [0, 0.1) is 11.3 Å². The van der Waals surface area contributed by atoms with Gasteiger partial charge in [-0.1, -0.05) is 13.8 Å². The fraction of sp³-hybridized carbons (Fsp3) is 0.700. The van der Waals surface area contributed by atoms with E-state index in [0.29, 0.717) is 0 Å². The zero-order chi connectivity index (χ0) is 10.9. The van der Waals surface area contributed by atoms with E-state index in [9.17, 15) is 14.4 Å². The number of esters is 1. The summed E-state index contributed by atoms with van der Waals surface area (Å²) in [5.41, 5.74) is -0.612. The molecule has 1 aliphatic carbocycles. The average molecular weight is 222 g/mol. The molecule has 0 spiro atoms. The first-order chi connectivity index (χ1) is 6.38. The molecule has 0 heterocycles. The number of Topliss-reactive ketones (excluding diaryl/α,β-unsaturated/α-hetero) is 2. The number of ketones is 2. The van der Waals surface area contributed by atoms with E-state index in [0.717, 1.165) is 0 Å². The van der Waals surface area contributed by atoms with Crippen LogP contribution < -0.4 is 29.6 Å². The Morgan fingerprint density at radius 1 is 1.47 bits per heavy atom. The van der Waals surface area contributed by atoms with Crippen molar-refractivity contribution in [2.75, 3.05) is 7.11 Å². The van der Waals surface area contributed by atoms with Crippen molar-refractivity contribution in [2.45, 2.75) is 26.7 Å². The molecule has 0 aromatic carbocycles. The van der Waals surface area contributed by atoms with E-state index >= 15 is 0 Å². The molecule has 1 atom stereocenters. The maximum absolute atomic E-state index is 11.5. The van der Waals surface area contributed by atoms with Crippen LogP contribution >= 0.6 is 0 Å². The first-order valence-electron chi connectivity index (χ1n) is 4.50. The predicted molar refractivity (Wildman–Crippen MR) is 49.6 cm³/mol. The first kappa shape index (κ1) is 14.8. The molecule has 0 aromatic rings. The summed E-state index contributed by atoms with van der Waals surface area (Å²) in [4.78, 5) is 34.0. The maximum Gasteiger partial charge on any atom is 1.00 e. The summed E-state index contributed by atoms with van der Waals surface area (Å²) in [6.45, 7) is 3.48. The molecule has 1 rings (SSSR count). The minimum Gasteiger partial charge on any atom is -1.00 e. The minimum atomic E-state index is -0.787. The zero-order valence-electron chi connectivity index (χ0n) is 10.6. The number of ether oxygens (including phenoxy) is 1. The summed E-state index contributed by atoms with van der Waals surface area (Å²) in [5, 5.41) is 0. The fourth-order valence-electron chi connectivity index (χ4n) is 1.97. The topological polar surface area (TPSA) is 60.4 Å². The molecule has 0 N–H and O–H groups in total. The van der Waals surface area contributed by atoms with E-state index in [-0.39, 0.29) is 55.4 Å². The van der Waals surface area contributed by atoms with Crippen molar-refractivity contribution in [1.29, 1.82) is 0 Å². The van der Waals surface area contributed by atoms with Crippen LogP contribution in [0.25, 0.3) is 0 Å². The molecule has 1 saturated carbocycles. The van der Waals surface area contributed by atoms with Gasteiger partial charge >= 0.3 is 35.5 Å². The molecule has 0 bridgehead atoms. The molecular weight excluding hydrogens is 207 g/mol. The van der Waals surface area contributed by atoms with Gasteiger partial charge in [0.15, 0.2) is 5.78 Å². The summed E-state index contributed by atoms with van der Waals surface area (Å²) >= 11 is 0. The SMILES string of the molecule is COC(=O)C1C(=O)CC(=O)CC1(C)C.[H-].[Na+]. The van der Waals surface area contributed by atoms with Crippen LogP contribution in [0.5, 0.6) is 0 Å². The second-order valence-electron chi connectivity index (χ2n) is 4.30. The molecule has 0 saturated heterocycles. The Hall–Kier alpha value is -0.190. The Labute approximate surface area is 113 Å². The van der Waals surface area contributed by atoms with Gasteiger partial charge in [-0.15, -0.1) is 0 Å². The number of hydrogen-bond donors (Lipinski definition) is 0. The van der Waals surface area contributed by atoms with Crippen LogP contribution in [0.3, 0.4) is 0 Å². The van der Waals surface area contributed by atoms with Crippen LogP contribution in [0.15, 0.2) is 0 Å². The third-order valence-corrected chi connectivity index (χ3v) is 2.56. The van der Waals surface area contributed by atoms with Gasteiger partial charge in [-0.2, -0.15) is 0 Å². The van der Waals surface area contributed by atoms with Gasteiger partial charge in [-0.3, -0.25) is 14.4 Å². The van der Waals surface area contributed by atoms with Crippen LogP contribution in [0.2, 0.25) is 0 Å². The molecule has 80 valence electrons. The van der Waals surface area contributed by atoms with Crippen LogP contribution in [-0.4, -0.2) is 24.6 Å². The van der Waals surface area contributed by atoms with Crippen molar-refractivity contribution in [1.82, 2.24) is 0 Å². The molecule has 0 aliphatic heterocycles. The smallest absolute Gasteiger partial charge is 1.00 e. The predicted octanol–water partition coefficient (Wildman–Crippen LogP) is -2.15. The average Bonchev–Trinajstić information content (AvgIpc) is 1.99. The Bertz CT molecular complexity index is 301. The van der Waals surface area contributed by atoms with Crippen molar-refractivity contribution < 1.29 is 50.1 Å². The van der Waals surface area contributed by atoms with E-state index in [1.807, 2.05) is 0 Å². The van der Waals surface area contributed by atoms with Crippen LogP contribution in [0.4, 0.5) is 0 Å². The van der Waals surface area contributed by atoms with E-state index in [1.165, 1.54) is 7.11 Å². The van der Waals surface area contributed by atoms with Gasteiger partial charge in [0.1, 0.15) is 11.7 Å². The Morgan fingerprint density at radius 3 is 2.40 bits per heavy atom. The van der Waals surface area contributed by atoms with Crippen molar-refractivity contribution in [3.05, 3.63) is 0 Å². The molecule has 1 aliphatic rings. The van der Waals surface area contributed by atoms with Crippen LogP contribution in [-0.2, 0) is 19.1 Å². The fourth-order valence-corrected chi connectivity index (χ4v) is 1.97. The Balaban J connectivity index is 0. The summed E-state index contributed by atoms with van der Waals surface area (Å²) in [6.07, 6.45) is 0.127. The van der Waals surface area contributed by atoms with Crippen LogP contribution in [0.1, 0.15) is 28.1 Å². The molecule has 0 aromatic heterocycles. The van der Waals surface area contributed by atoms with E-state index in [1.54, 1.807) is 13.8 Å². The summed E-state index contributed by atoms with van der Waals surface area (Å²) < 4.78 is 4.56. The van der Waals surface area contributed by atoms with E-state index < -0.39 is 17.3 Å². The monoisotopic (exact) mass is 222 g/mol. The number of carbonyl (C=O) groups is 3. The molecule has 1 fully saturated rings. The minimum absolute atomic E-state index is 0. The Kier molecular flexibility index (Phi) is 5.17. The van der Waals surface area contributed by atoms with E-state index in [4.69, 9.17) is 0 Å². The van der Waals surface area contributed by atoms with Gasteiger partial charge < -0.3 is 6.16 Å². The molecule has 0 radical (unpaired) electrons. The number of carbonyl (C=O) groups excluding carboxylic acids is 3. The summed E-state index contributed by atoms with van der Waals surface area (Å²) in [7, 11) is 1.25. The van der Waals surface area contributed by atoms with Gasteiger partial charge in [0, 0.05) is 6.42 Å². The second kappa shape index (κ2) is 5.23.